The summed E-state index contributed by atoms with van der Waals surface area (Å²) in [5.74, 6) is 1.74. The number of ether oxygens (including phenoxy) is 2. The van der Waals surface area contributed by atoms with Crippen LogP contribution in [0.15, 0.2) is 42.5 Å². The lowest BCUT2D eigenvalue weighted by Crippen LogP contribution is -2.15. The van der Waals surface area contributed by atoms with Crippen molar-refractivity contribution in [1.82, 2.24) is 0 Å². The lowest BCUT2D eigenvalue weighted by molar-refractivity contribution is -0.113. The largest absolute Gasteiger partial charge is 0.497 e. The van der Waals surface area contributed by atoms with Crippen molar-refractivity contribution < 1.29 is 18.7 Å². The van der Waals surface area contributed by atoms with Crippen LogP contribution in [0.5, 0.6) is 11.5 Å². The molecule has 6 heteroatoms. The molecular weight excluding hydrogens is 317 g/mol. The van der Waals surface area contributed by atoms with Crippen molar-refractivity contribution in [2.45, 2.75) is 5.75 Å². The van der Waals surface area contributed by atoms with Crippen molar-refractivity contribution in [1.29, 1.82) is 0 Å². The molecule has 4 nitrogen and oxygen atoms in total. The Morgan fingerprint density at radius 3 is 2.52 bits per heavy atom. The third-order valence-electron chi connectivity index (χ3n) is 3.10. The maximum absolute atomic E-state index is 12.8. The minimum Gasteiger partial charge on any atom is -0.497 e. The zero-order chi connectivity index (χ0) is 16.7. The van der Waals surface area contributed by atoms with E-state index >= 15 is 0 Å². The van der Waals surface area contributed by atoms with E-state index in [9.17, 15) is 9.18 Å². The first kappa shape index (κ1) is 17.1. The van der Waals surface area contributed by atoms with E-state index in [0.29, 0.717) is 22.9 Å². The van der Waals surface area contributed by atoms with Crippen LogP contribution < -0.4 is 14.8 Å². The molecule has 0 heterocycles. The molecule has 0 aromatic heterocycles. The number of hydrogen-bond donors (Lipinski definition) is 1. The Kier molecular flexibility index (Phi) is 6.29. The number of anilines is 1. The van der Waals surface area contributed by atoms with E-state index in [-0.39, 0.29) is 17.5 Å². The summed E-state index contributed by atoms with van der Waals surface area (Å²) < 4.78 is 23.2. The van der Waals surface area contributed by atoms with Crippen molar-refractivity contribution >= 4 is 23.4 Å². The molecule has 0 saturated heterocycles. The molecule has 0 fully saturated rings. The first-order valence-corrected chi connectivity index (χ1v) is 8.12. The molecule has 1 amide bonds. The predicted octanol–water partition coefficient (Wildman–Crippen LogP) is 3.71. The number of carbonyl (C=O) groups excluding carboxylic acids is 1. The highest BCUT2D eigenvalue weighted by Gasteiger charge is 2.09. The average molecular weight is 335 g/mol. The molecule has 0 atom stereocenters. The number of methoxy groups -OCH3 is 2. The van der Waals surface area contributed by atoms with E-state index in [1.165, 1.54) is 23.9 Å². The Morgan fingerprint density at radius 2 is 1.87 bits per heavy atom. The molecule has 0 unspecified atom stereocenters. The Balaban J connectivity index is 1.88. The number of thioether (sulfide) groups is 1. The van der Waals surface area contributed by atoms with Gasteiger partial charge in [0.2, 0.25) is 5.91 Å². The molecule has 2 aromatic rings. The molecule has 2 aromatic carbocycles. The minimum absolute atomic E-state index is 0.135. The van der Waals surface area contributed by atoms with E-state index in [2.05, 4.69) is 5.32 Å². The highest BCUT2D eigenvalue weighted by molar-refractivity contribution is 7.99. The number of carbonyl (C=O) groups is 1. The molecule has 0 aliphatic heterocycles. The van der Waals surface area contributed by atoms with Gasteiger partial charge in [-0.25, -0.2) is 4.39 Å². The first-order chi connectivity index (χ1) is 11.1. The molecule has 0 saturated carbocycles. The first-order valence-electron chi connectivity index (χ1n) is 6.96. The van der Waals surface area contributed by atoms with Crippen molar-refractivity contribution in [3.8, 4) is 11.5 Å². The van der Waals surface area contributed by atoms with Gasteiger partial charge in [-0.1, -0.05) is 12.1 Å². The van der Waals surface area contributed by atoms with Gasteiger partial charge in [0.25, 0.3) is 0 Å². The number of hydrogen-bond acceptors (Lipinski definition) is 4. The van der Waals surface area contributed by atoms with Gasteiger partial charge in [-0.3, -0.25) is 4.79 Å². The van der Waals surface area contributed by atoms with Crippen LogP contribution in [0.2, 0.25) is 0 Å². The van der Waals surface area contributed by atoms with Crippen LogP contribution in [-0.4, -0.2) is 25.9 Å². The number of halogens is 1. The van der Waals surface area contributed by atoms with E-state index in [1.807, 2.05) is 0 Å². The molecule has 2 rings (SSSR count). The topological polar surface area (TPSA) is 47.6 Å². The maximum atomic E-state index is 12.8. The molecular formula is C17H18FNO3S. The number of rotatable bonds is 7. The quantitative estimate of drug-likeness (QED) is 0.838. The van der Waals surface area contributed by atoms with Crippen LogP contribution in [0.3, 0.4) is 0 Å². The summed E-state index contributed by atoms with van der Waals surface area (Å²) in [4.78, 5) is 12.0. The van der Waals surface area contributed by atoms with Crippen LogP contribution in [0, 0.1) is 5.82 Å². The van der Waals surface area contributed by atoms with Gasteiger partial charge < -0.3 is 14.8 Å². The van der Waals surface area contributed by atoms with E-state index < -0.39 is 0 Å². The highest BCUT2D eigenvalue weighted by Crippen LogP contribution is 2.29. The Bertz CT molecular complexity index is 661. The number of amides is 1. The number of nitrogens with one attached hydrogen (secondary N) is 1. The monoisotopic (exact) mass is 335 g/mol. The fraction of sp³-hybridized carbons (Fsp3) is 0.235. The summed E-state index contributed by atoms with van der Waals surface area (Å²) in [6.45, 7) is 0. The normalized spacial score (nSPS) is 10.2. The fourth-order valence-electron chi connectivity index (χ4n) is 1.94. The van der Waals surface area contributed by atoms with Crippen molar-refractivity contribution in [3.63, 3.8) is 0 Å². The van der Waals surface area contributed by atoms with Gasteiger partial charge in [-0.15, -0.1) is 11.8 Å². The lowest BCUT2D eigenvalue weighted by Gasteiger charge is -2.11. The SMILES string of the molecule is COc1ccc(OC)c(NC(=O)CSCc2ccc(F)cc2)c1. The molecule has 0 radical (unpaired) electrons. The van der Waals surface area contributed by atoms with Gasteiger partial charge >= 0.3 is 0 Å². The van der Waals surface area contributed by atoms with E-state index in [1.54, 1.807) is 44.6 Å². The van der Waals surface area contributed by atoms with Crippen LogP contribution in [-0.2, 0) is 10.5 Å². The van der Waals surface area contributed by atoms with E-state index in [4.69, 9.17) is 9.47 Å². The summed E-state index contributed by atoms with van der Waals surface area (Å²) in [6, 6.07) is 11.5. The Morgan fingerprint density at radius 1 is 1.13 bits per heavy atom. The molecule has 0 bridgehead atoms. The summed E-state index contributed by atoms with van der Waals surface area (Å²) >= 11 is 1.46. The molecule has 0 aliphatic rings. The van der Waals surface area contributed by atoms with Gasteiger partial charge in [0.05, 0.1) is 25.7 Å². The van der Waals surface area contributed by atoms with Gasteiger partial charge in [0.1, 0.15) is 17.3 Å². The standard InChI is InChI=1S/C17H18FNO3S/c1-21-14-7-8-16(22-2)15(9-14)19-17(20)11-23-10-12-3-5-13(18)6-4-12/h3-9H,10-11H2,1-2H3,(H,19,20). The smallest absolute Gasteiger partial charge is 0.234 e. The molecule has 23 heavy (non-hydrogen) atoms. The zero-order valence-electron chi connectivity index (χ0n) is 13.0. The second-order valence-electron chi connectivity index (χ2n) is 4.73. The summed E-state index contributed by atoms with van der Waals surface area (Å²) in [7, 11) is 3.10. The molecule has 0 aliphatic carbocycles. The summed E-state index contributed by atoms with van der Waals surface area (Å²) in [6.07, 6.45) is 0. The van der Waals surface area contributed by atoms with E-state index in [0.717, 1.165) is 5.56 Å². The number of benzene rings is 2. The van der Waals surface area contributed by atoms with Crippen molar-refractivity contribution in [2.24, 2.45) is 0 Å². The fourth-order valence-corrected chi connectivity index (χ4v) is 2.73. The summed E-state index contributed by atoms with van der Waals surface area (Å²) in [5.41, 5.74) is 1.54. The second kappa shape index (κ2) is 8.43. The van der Waals surface area contributed by atoms with Crippen molar-refractivity contribution in [2.75, 3.05) is 25.3 Å². The zero-order valence-corrected chi connectivity index (χ0v) is 13.8. The molecule has 1 N–H and O–H groups in total. The highest BCUT2D eigenvalue weighted by atomic mass is 32.2. The predicted molar refractivity (Wildman–Crippen MR) is 90.7 cm³/mol. The molecule has 0 spiro atoms. The van der Waals surface area contributed by atoms with Crippen molar-refractivity contribution in [3.05, 3.63) is 53.8 Å². The average Bonchev–Trinajstić information content (AvgIpc) is 2.56. The minimum atomic E-state index is -0.262. The van der Waals surface area contributed by atoms with Crippen LogP contribution >= 0.6 is 11.8 Å². The lowest BCUT2D eigenvalue weighted by atomic mass is 10.2. The Labute approximate surface area is 139 Å². The third kappa shape index (κ3) is 5.17. The van der Waals surface area contributed by atoms with Gasteiger partial charge in [0, 0.05) is 11.8 Å². The third-order valence-corrected chi connectivity index (χ3v) is 4.10. The van der Waals surface area contributed by atoms with Crippen LogP contribution in [0.25, 0.3) is 0 Å². The van der Waals surface area contributed by atoms with Gasteiger partial charge in [0.15, 0.2) is 0 Å². The van der Waals surface area contributed by atoms with Gasteiger partial charge in [-0.05, 0) is 29.8 Å². The molecule has 122 valence electrons. The van der Waals surface area contributed by atoms with Gasteiger partial charge in [-0.2, -0.15) is 0 Å². The second-order valence-corrected chi connectivity index (χ2v) is 5.72. The van der Waals surface area contributed by atoms with Crippen LogP contribution in [0.1, 0.15) is 5.56 Å². The van der Waals surface area contributed by atoms with Crippen LogP contribution in [0.4, 0.5) is 10.1 Å². The maximum Gasteiger partial charge on any atom is 0.234 e. The Hall–Kier alpha value is -2.21. The summed E-state index contributed by atoms with van der Waals surface area (Å²) in [5, 5.41) is 2.81.